The van der Waals surface area contributed by atoms with E-state index in [0.29, 0.717) is 5.92 Å². The van der Waals surface area contributed by atoms with Gasteiger partial charge in [-0.2, -0.15) is 0 Å². The van der Waals surface area contributed by atoms with E-state index in [0.717, 1.165) is 24.2 Å². The molecular weight excluding hydrogens is 234 g/mol. The van der Waals surface area contributed by atoms with E-state index in [1.807, 2.05) is 12.5 Å². The van der Waals surface area contributed by atoms with Gasteiger partial charge in [0.05, 0.1) is 18.2 Å². The Balaban J connectivity index is 2.27. The van der Waals surface area contributed by atoms with E-state index in [1.165, 1.54) is 5.56 Å². The molecule has 0 bridgehead atoms. The largest absolute Gasteiger partial charge is 0.323 e. The third-order valence-electron chi connectivity index (χ3n) is 3.40. The molecule has 0 spiro atoms. The molecular formula is C16H23N3. The van der Waals surface area contributed by atoms with Crippen molar-refractivity contribution in [3.8, 4) is 5.69 Å². The van der Waals surface area contributed by atoms with Crippen LogP contribution in [-0.4, -0.2) is 9.55 Å². The Bertz CT molecular complexity index is 511. The Hall–Kier alpha value is -1.61. The van der Waals surface area contributed by atoms with Crippen LogP contribution < -0.4 is 5.73 Å². The standard InChI is InChI=1S/C16H23N3/c1-4-13-5-7-14(8-6-13)19-11-18-10-16(19)15(17)9-12(2)3/h5-8,10-12,15H,4,9,17H2,1-3H3. The lowest BCUT2D eigenvalue weighted by molar-refractivity contribution is 0.498. The van der Waals surface area contributed by atoms with E-state index in [1.54, 1.807) is 0 Å². The van der Waals surface area contributed by atoms with Crippen LogP contribution in [-0.2, 0) is 6.42 Å². The highest BCUT2D eigenvalue weighted by molar-refractivity contribution is 5.36. The monoisotopic (exact) mass is 257 g/mol. The minimum Gasteiger partial charge on any atom is -0.323 e. The minimum atomic E-state index is 0.0355. The summed E-state index contributed by atoms with van der Waals surface area (Å²) in [6.45, 7) is 6.55. The Morgan fingerprint density at radius 3 is 2.47 bits per heavy atom. The van der Waals surface area contributed by atoms with Gasteiger partial charge >= 0.3 is 0 Å². The molecule has 19 heavy (non-hydrogen) atoms. The predicted molar refractivity (Wildman–Crippen MR) is 79.3 cm³/mol. The molecule has 2 N–H and O–H groups in total. The summed E-state index contributed by atoms with van der Waals surface area (Å²) in [5.41, 5.74) is 9.83. The molecule has 2 rings (SSSR count). The molecule has 0 aliphatic carbocycles. The molecule has 102 valence electrons. The number of nitrogens with zero attached hydrogens (tertiary/aromatic N) is 2. The topological polar surface area (TPSA) is 43.8 Å². The summed E-state index contributed by atoms with van der Waals surface area (Å²) in [5, 5.41) is 0. The number of aromatic nitrogens is 2. The van der Waals surface area contributed by atoms with Crippen LogP contribution >= 0.6 is 0 Å². The molecule has 0 radical (unpaired) electrons. The number of nitrogens with two attached hydrogens (primary N) is 1. The van der Waals surface area contributed by atoms with Gasteiger partial charge in [0.25, 0.3) is 0 Å². The molecule has 3 heteroatoms. The summed E-state index contributed by atoms with van der Waals surface area (Å²) in [6, 6.07) is 8.62. The van der Waals surface area contributed by atoms with Crippen LogP contribution in [0.2, 0.25) is 0 Å². The third-order valence-corrected chi connectivity index (χ3v) is 3.40. The Morgan fingerprint density at radius 2 is 1.89 bits per heavy atom. The fourth-order valence-electron chi connectivity index (χ4n) is 2.32. The van der Waals surface area contributed by atoms with Gasteiger partial charge in [-0.3, -0.25) is 0 Å². The molecule has 0 fully saturated rings. The smallest absolute Gasteiger partial charge is 0.0994 e. The SMILES string of the molecule is CCc1ccc(-n2cncc2C(N)CC(C)C)cc1. The lowest BCUT2D eigenvalue weighted by Crippen LogP contribution is -2.16. The second kappa shape index (κ2) is 6.02. The van der Waals surface area contributed by atoms with Crippen molar-refractivity contribution in [1.29, 1.82) is 0 Å². The number of hydrogen-bond donors (Lipinski definition) is 1. The quantitative estimate of drug-likeness (QED) is 0.891. The predicted octanol–water partition coefficient (Wildman–Crippen LogP) is 3.48. The molecule has 2 aromatic rings. The first-order valence-corrected chi connectivity index (χ1v) is 6.99. The summed E-state index contributed by atoms with van der Waals surface area (Å²) in [7, 11) is 0. The number of hydrogen-bond acceptors (Lipinski definition) is 2. The lowest BCUT2D eigenvalue weighted by Gasteiger charge is -2.16. The summed E-state index contributed by atoms with van der Waals surface area (Å²) in [4.78, 5) is 4.25. The van der Waals surface area contributed by atoms with Crippen molar-refractivity contribution in [3.63, 3.8) is 0 Å². The number of rotatable bonds is 5. The summed E-state index contributed by atoms with van der Waals surface area (Å²) < 4.78 is 2.09. The first-order valence-electron chi connectivity index (χ1n) is 6.99. The van der Waals surface area contributed by atoms with Crippen molar-refractivity contribution in [2.45, 2.75) is 39.7 Å². The molecule has 1 aromatic heterocycles. The van der Waals surface area contributed by atoms with E-state index < -0.39 is 0 Å². The van der Waals surface area contributed by atoms with E-state index in [-0.39, 0.29) is 6.04 Å². The number of aryl methyl sites for hydroxylation is 1. The van der Waals surface area contributed by atoms with Gasteiger partial charge in [0, 0.05) is 11.7 Å². The molecule has 1 aromatic carbocycles. The first-order chi connectivity index (χ1) is 9.11. The fraction of sp³-hybridized carbons (Fsp3) is 0.438. The molecule has 1 atom stereocenters. The zero-order valence-electron chi connectivity index (χ0n) is 12.0. The highest BCUT2D eigenvalue weighted by Crippen LogP contribution is 2.21. The van der Waals surface area contributed by atoms with Gasteiger partial charge in [0.1, 0.15) is 0 Å². The number of benzene rings is 1. The van der Waals surface area contributed by atoms with Crippen LogP contribution in [0.3, 0.4) is 0 Å². The Morgan fingerprint density at radius 1 is 1.21 bits per heavy atom. The maximum Gasteiger partial charge on any atom is 0.0994 e. The zero-order chi connectivity index (χ0) is 13.8. The second-order valence-corrected chi connectivity index (χ2v) is 5.44. The van der Waals surface area contributed by atoms with Gasteiger partial charge in [-0.1, -0.05) is 32.9 Å². The normalized spacial score (nSPS) is 12.9. The Kier molecular flexibility index (Phi) is 4.38. The average Bonchev–Trinajstić information content (AvgIpc) is 2.87. The van der Waals surface area contributed by atoms with Crippen LogP contribution in [0.4, 0.5) is 0 Å². The minimum absolute atomic E-state index is 0.0355. The van der Waals surface area contributed by atoms with Crippen LogP contribution in [0.5, 0.6) is 0 Å². The maximum absolute atomic E-state index is 6.27. The van der Waals surface area contributed by atoms with Crippen LogP contribution in [0.25, 0.3) is 5.69 Å². The second-order valence-electron chi connectivity index (χ2n) is 5.44. The summed E-state index contributed by atoms with van der Waals surface area (Å²) >= 11 is 0. The molecule has 0 saturated heterocycles. The van der Waals surface area contributed by atoms with Crippen molar-refractivity contribution in [2.75, 3.05) is 0 Å². The van der Waals surface area contributed by atoms with Gasteiger partial charge in [0.2, 0.25) is 0 Å². The van der Waals surface area contributed by atoms with Gasteiger partial charge < -0.3 is 10.3 Å². The number of imidazole rings is 1. The molecule has 1 heterocycles. The highest BCUT2D eigenvalue weighted by Gasteiger charge is 2.14. The van der Waals surface area contributed by atoms with E-state index in [4.69, 9.17) is 5.73 Å². The van der Waals surface area contributed by atoms with Crippen LogP contribution in [0, 0.1) is 5.92 Å². The van der Waals surface area contributed by atoms with Crippen LogP contribution in [0.15, 0.2) is 36.8 Å². The maximum atomic E-state index is 6.27. The van der Waals surface area contributed by atoms with Crippen molar-refractivity contribution in [1.82, 2.24) is 9.55 Å². The third kappa shape index (κ3) is 3.24. The highest BCUT2D eigenvalue weighted by atomic mass is 15.1. The van der Waals surface area contributed by atoms with Crippen molar-refractivity contribution < 1.29 is 0 Å². The van der Waals surface area contributed by atoms with Gasteiger partial charge in [-0.15, -0.1) is 0 Å². The van der Waals surface area contributed by atoms with Gasteiger partial charge in [-0.05, 0) is 36.5 Å². The molecule has 0 saturated carbocycles. The molecule has 0 amide bonds. The fourth-order valence-corrected chi connectivity index (χ4v) is 2.32. The molecule has 1 unspecified atom stereocenters. The van der Waals surface area contributed by atoms with E-state index in [9.17, 15) is 0 Å². The Labute approximate surface area is 115 Å². The molecule has 0 aliphatic rings. The van der Waals surface area contributed by atoms with Gasteiger partial charge in [-0.25, -0.2) is 4.98 Å². The molecule has 0 aliphatic heterocycles. The van der Waals surface area contributed by atoms with E-state index >= 15 is 0 Å². The zero-order valence-corrected chi connectivity index (χ0v) is 12.0. The molecule has 3 nitrogen and oxygen atoms in total. The average molecular weight is 257 g/mol. The van der Waals surface area contributed by atoms with Crippen molar-refractivity contribution in [2.24, 2.45) is 11.7 Å². The van der Waals surface area contributed by atoms with Crippen molar-refractivity contribution >= 4 is 0 Å². The van der Waals surface area contributed by atoms with E-state index in [2.05, 4.69) is 54.6 Å². The summed E-state index contributed by atoms with van der Waals surface area (Å²) in [5.74, 6) is 0.584. The first kappa shape index (κ1) is 13.8. The lowest BCUT2D eigenvalue weighted by atomic mass is 10.0. The van der Waals surface area contributed by atoms with Gasteiger partial charge in [0.15, 0.2) is 0 Å². The summed E-state index contributed by atoms with van der Waals surface area (Å²) in [6.07, 6.45) is 5.75. The van der Waals surface area contributed by atoms with Crippen LogP contribution in [0.1, 0.15) is 44.5 Å². The van der Waals surface area contributed by atoms with Crippen molar-refractivity contribution in [3.05, 3.63) is 48.0 Å².